The van der Waals surface area contributed by atoms with Crippen molar-refractivity contribution in [3.05, 3.63) is 29.3 Å². The van der Waals surface area contributed by atoms with E-state index in [9.17, 15) is 9.59 Å². The van der Waals surface area contributed by atoms with Gasteiger partial charge in [0.1, 0.15) is 0 Å². The molecule has 5 heteroatoms. The molecule has 1 heterocycles. The predicted molar refractivity (Wildman–Crippen MR) is 70.4 cm³/mol. The van der Waals surface area contributed by atoms with Crippen LogP contribution in [0.5, 0.6) is 0 Å². The predicted octanol–water partition coefficient (Wildman–Crippen LogP) is 1.41. The first kappa shape index (κ1) is 13.5. The second-order valence-electron chi connectivity index (χ2n) is 4.77. The van der Waals surface area contributed by atoms with E-state index < -0.39 is 5.97 Å². The van der Waals surface area contributed by atoms with E-state index in [2.05, 4.69) is 0 Å². The fourth-order valence-electron chi connectivity index (χ4n) is 2.43. The minimum atomic E-state index is -0.851. The number of carboxylic acid groups (broad SMARTS) is 1. The zero-order chi connectivity index (χ0) is 14.0. The highest BCUT2D eigenvalue weighted by molar-refractivity contribution is 6.00. The Bertz CT molecular complexity index is 512. The second kappa shape index (κ2) is 5.40. The summed E-state index contributed by atoms with van der Waals surface area (Å²) in [4.78, 5) is 24.1. The molecule has 0 aliphatic carbocycles. The lowest BCUT2D eigenvalue weighted by Crippen LogP contribution is -2.20. The smallest absolute Gasteiger partial charge is 0.304 e. The van der Waals surface area contributed by atoms with Gasteiger partial charge in [-0.15, -0.1) is 0 Å². The van der Waals surface area contributed by atoms with Gasteiger partial charge in [0.15, 0.2) is 0 Å². The lowest BCUT2D eigenvalue weighted by molar-refractivity contribution is -0.137. The summed E-state index contributed by atoms with van der Waals surface area (Å²) in [5, 5.41) is 8.93. The van der Waals surface area contributed by atoms with Gasteiger partial charge >= 0.3 is 5.97 Å². The summed E-state index contributed by atoms with van der Waals surface area (Å²) in [7, 11) is 3.30. The standard InChI is InChI=1S/C14H17NO4/c1-15-12-4-3-9(5-10(12)6-13(15)16)11(8-19-2)7-14(17)18/h3-5,11H,6-8H2,1-2H3,(H,17,18). The molecular weight excluding hydrogens is 246 g/mol. The maximum Gasteiger partial charge on any atom is 0.304 e. The molecule has 5 nitrogen and oxygen atoms in total. The summed E-state index contributed by atoms with van der Waals surface area (Å²) < 4.78 is 5.08. The van der Waals surface area contributed by atoms with E-state index in [1.54, 1.807) is 19.1 Å². The highest BCUT2D eigenvalue weighted by Crippen LogP contribution is 2.31. The monoisotopic (exact) mass is 263 g/mol. The first-order valence-electron chi connectivity index (χ1n) is 6.13. The van der Waals surface area contributed by atoms with Gasteiger partial charge in [-0.3, -0.25) is 9.59 Å². The molecule has 1 atom stereocenters. The molecule has 1 aromatic carbocycles. The molecule has 1 aliphatic heterocycles. The number of rotatable bonds is 5. The van der Waals surface area contributed by atoms with Gasteiger partial charge in [-0.05, 0) is 17.2 Å². The number of carbonyl (C=O) groups excluding carboxylic acids is 1. The molecule has 0 spiro atoms. The summed E-state index contributed by atoms with van der Waals surface area (Å²) in [6.07, 6.45) is 0.406. The Labute approximate surface area is 111 Å². The van der Waals surface area contributed by atoms with E-state index in [-0.39, 0.29) is 18.2 Å². The zero-order valence-corrected chi connectivity index (χ0v) is 11.0. The third-order valence-corrected chi connectivity index (χ3v) is 3.44. The van der Waals surface area contributed by atoms with E-state index in [4.69, 9.17) is 9.84 Å². The first-order chi connectivity index (χ1) is 9.02. The fraction of sp³-hybridized carbons (Fsp3) is 0.429. The molecule has 1 amide bonds. The number of benzene rings is 1. The average molecular weight is 263 g/mol. The molecule has 0 saturated heterocycles. The molecule has 102 valence electrons. The molecule has 0 aromatic heterocycles. The van der Waals surface area contributed by atoms with Crippen LogP contribution in [0, 0.1) is 0 Å². The molecule has 1 aliphatic rings. The SMILES string of the molecule is COCC(CC(=O)O)c1ccc2c(c1)CC(=O)N2C. The topological polar surface area (TPSA) is 66.8 Å². The van der Waals surface area contributed by atoms with Gasteiger partial charge < -0.3 is 14.7 Å². The maximum atomic E-state index is 11.6. The van der Waals surface area contributed by atoms with Gasteiger partial charge in [0, 0.05) is 25.8 Å². The third-order valence-electron chi connectivity index (χ3n) is 3.44. The normalized spacial score (nSPS) is 15.5. The van der Waals surface area contributed by atoms with E-state index in [0.29, 0.717) is 13.0 Å². The van der Waals surface area contributed by atoms with Gasteiger partial charge in [-0.1, -0.05) is 12.1 Å². The largest absolute Gasteiger partial charge is 0.481 e. The fourth-order valence-corrected chi connectivity index (χ4v) is 2.43. The van der Waals surface area contributed by atoms with E-state index in [1.807, 2.05) is 18.2 Å². The van der Waals surface area contributed by atoms with Crippen molar-refractivity contribution >= 4 is 17.6 Å². The van der Waals surface area contributed by atoms with Crippen LogP contribution in [0.2, 0.25) is 0 Å². The maximum absolute atomic E-state index is 11.6. The van der Waals surface area contributed by atoms with Crippen LogP contribution in [0.3, 0.4) is 0 Å². The second-order valence-corrected chi connectivity index (χ2v) is 4.77. The summed E-state index contributed by atoms with van der Waals surface area (Å²) in [6.45, 7) is 0.356. The first-order valence-corrected chi connectivity index (χ1v) is 6.13. The van der Waals surface area contributed by atoms with Crippen LogP contribution in [0.25, 0.3) is 0 Å². The van der Waals surface area contributed by atoms with Crippen LogP contribution in [-0.2, 0) is 20.7 Å². The molecule has 0 saturated carbocycles. The number of aliphatic carboxylic acids is 1. The van der Waals surface area contributed by atoms with Crippen molar-refractivity contribution in [2.45, 2.75) is 18.8 Å². The summed E-state index contributed by atoms with van der Waals surface area (Å²) in [6, 6.07) is 5.67. The summed E-state index contributed by atoms with van der Waals surface area (Å²) in [5.74, 6) is -0.974. The number of hydrogen-bond acceptors (Lipinski definition) is 3. The van der Waals surface area contributed by atoms with Crippen molar-refractivity contribution < 1.29 is 19.4 Å². The number of methoxy groups -OCH3 is 1. The third kappa shape index (κ3) is 2.76. The molecular formula is C14H17NO4. The molecule has 0 fully saturated rings. The van der Waals surface area contributed by atoms with Gasteiger partial charge in [-0.25, -0.2) is 0 Å². The van der Waals surface area contributed by atoms with Crippen LogP contribution in [0.4, 0.5) is 5.69 Å². The lowest BCUT2D eigenvalue weighted by atomic mass is 9.94. The Balaban J connectivity index is 2.28. The molecule has 1 unspecified atom stereocenters. The molecule has 2 rings (SSSR count). The zero-order valence-electron chi connectivity index (χ0n) is 11.0. The van der Waals surface area contributed by atoms with Gasteiger partial charge in [-0.2, -0.15) is 0 Å². The van der Waals surface area contributed by atoms with Crippen molar-refractivity contribution in [1.29, 1.82) is 0 Å². The minimum absolute atomic E-state index is 0.0242. The summed E-state index contributed by atoms with van der Waals surface area (Å²) >= 11 is 0. The van der Waals surface area contributed by atoms with Crippen molar-refractivity contribution in [2.24, 2.45) is 0 Å². The molecule has 0 radical (unpaired) electrons. The Morgan fingerprint density at radius 2 is 2.26 bits per heavy atom. The Kier molecular flexibility index (Phi) is 3.85. The quantitative estimate of drug-likeness (QED) is 0.872. The van der Waals surface area contributed by atoms with Gasteiger partial charge in [0.2, 0.25) is 5.91 Å². The van der Waals surface area contributed by atoms with Crippen molar-refractivity contribution in [1.82, 2.24) is 0 Å². The highest BCUT2D eigenvalue weighted by atomic mass is 16.5. The van der Waals surface area contributed by atoms with Gasteiger partial charge in [0.25, 0.3) is 0 Å². The van der Waals surface area contributed by atoms with Crippen molar-refractivity contribution in [2.75, 3.05) is 25.7 Å². The number of anilines is 1. The van der Waals surface area contributed by atoms with Crippen LogP contribution >= 0.6 is 0 Å². The number of carboxylic acids is 1. The van der Waals surface area contributed by atoms with Crippen LogP contribution in [0.15, 0.2) is 18.2 Å². The molecule has 19 heavy (non-hydrogen) atoms. The number of nitrogens with zero attached hydrogens (tertiary/aromatic N) is 1. The van der Waals surface area contributed by atoms with Crippen LogP contribution < -0.4 is 4.90 Å². The molecule has 1 aromatic rings. The van der Waals surface area contributed by atoms with Crippen LogP contribution in [0.1, 0.15) is 23.5 Å². The van der Waals surface area contributed by atoms with E-state index in [0.717, 1.165) is 16.8 Å². The number of carbonyl (C=O) groups is 2. The Hall–Kier alpha value is -1.88. The summed E-state index contributed by atoms with van der Waals surface area (Å²) in [5.41, 5.74) is 2.77. The van der Waals surface area contributed by atoms with Gasteiger partial charge in [0.05, 0.1) is 19.4 Å². The number of ether oxygens (including phenoxy) is 1. The average Bonchev–Trinajstić information content (AvgIpc) is 2.63. The highest BCUT2D eigenvalue weighted by Gasteiger charge is 2.25. The number of likely N-dealkylation sites (N-methyl/N-ethyl adjacent to an activating group) is 1. The number of hydrogen-bond donors (Lipinski definition) is 1. The van der Waals surface area contributed by atoms with E-state index in [1.165, 1.54) is 0 Å². The van der Waals surface area contributed by atoms with Crippen molar-refractivity contribution in [3.8, 4) is 0 Å². The lowest BCUT2D eigenvalue weighted by Gasteiger charge is -2.16. The Morgan fingerprint density at radius 1 is 1.53 bits per heavy atom. The number of fused-ring (bicyclic) bond motifs is 1. The minimum Gasteiger partial charge on any atom is -0.481 e. The number of amides is 1. The van der Waals surface area contributed by atoms with Crippen LogP contribution in [-0.4, -0.2) is 37.7 Å². The van der Waals surface area contributed by atoms with Crippen molar-refractivity contribution in [3.63, 3.8) is 0 Å². The van der Waals surface area contributed by atoms with E-state index >= 15 is 0 Å². The molecule has 1 N–H and O–H groups in total. The Morgan fingerprint density at radius 3 is 2.89 bits per heavy atom. The molecule has 0 bridgehead atoms.